The van der Waals surface area contributed by atoms with Crippen molar-refractivity contribution in [3.8, 4) is 0 Å². The van der Waals surface area contributed by atoms with Crippen LogP contribution in [0.15, 0.2) is 55.4 Å². The van der Waals surface area contributed by atoms with Crippen LogP contribution in [-0.4, -0.2) is 30.8 Å². The van der Waals surface area contributed by atoms with E-state index in [-0.39, 0.29) is 11.4 Å². The molecule has 1 aliphatic carbocycles. The van der Waals surface area contributed by atoms with Crippen LogP contribution < -0.4 is 10.0 Å². The second-order valence-corrected chi connectivity index (χ2v) is 9.42. The van der Waals surface area contributed by atoms with E-state index < -0.39 is 0 Å². The Balaban J connectivity index is 1.76. The fourth-order valence-electron chi connectivity index (χ4n) is 3.27. The lowest BCUT2D eigenvalue weighted by Crippen LogP contribution is -2.31. The molecular weight excluding hydrogens is 393 g/mol. The van der Waals surface area contributed by atoms with Gasteiger partial charge < -0.3 is 10.2 Å². The molecule has 1 aromatic rings. The van der Waals surface area contributed by atoms with E-state index in [2.05, 4.69) is 54.1 Å². The Kier molecular flexibility index (Phi) is 9.99. The molecule has 0 radical (unpaired) electrons. The predicted octanol–water partition coefficient (Wildman–Crippen LogP) is 5.77. The number of benzene rings is 1. The molecule has 1 aliphatic rings. The minimum Gasteiger partial charge on any atom is -0.375 e. The van der Waals surface area contributed by atoms with Crippen molar-refractivity contribution < 1.29 is 4.39 Å². The van der Waals surface area contributed by atoms with Crippen LogP contribution in [0.3, 0.4) is 0 Å². The van der Waals surface area contributed by atoms with Gasteiger partial charge in [-0.25, -0.2) is 4.39 Å². The highest BCUT2D eigenvalue weighted by molar-refractivity contribution is 7.97. The van der Waals surface area contributed by atoms with Gasteiger partial charge in [0, 0.05) is 31.4 Å². The largest absolute Gasteiger partial charge is 0.375 e. The minimum atomic E-state index is -0.207. The summed E-state index contributed by atoms with van der Waals surface area (Å²) >= 11 is 1.72. The van der Waals surface area contributed by atoms with Crippen LogP contribution in [0.4, 0.5) is 4.39 Å². The first-order chi connectivity index (χ1) is 14.4. The molecule has 0 saturated heterocycles. The summed E-state index contributed by atoms with van der Waals surface area (Å²) in [5.74, 6) is 2.62. The number of aryl methyl sites for hydroxylation is 1. The van der Waals surface area contributed by atoms with Crippen LogP contribution in [0.1, 0.15) is 50.7 Å². The average Bonchev–Trinajstić information content (AvgIpc) is 3.55. The zero-order valence-corrected chi connectivity index (χ0v) is 19.7. The third-order valence-corrected chi connectivity index (χ3v) is 6.61. The van der Waals surface area contributed by atoms with Crippen LogP contribution in [0, 0.1) is 11.7 Å². The Labute approximate surface area is 187 Å². The van der Waals surface area contributed by atoms with Gasteiger partial charge in [0.15, 0.2) is 0 Å². The van der Waals surface area contributed by atoms with Gasteiger partial charge in [-0.05, 0) is 56.2 Å². The monoisotopic (exact) mass is 431 g/mol. The highest BCUT2D eigenvalue weighted by Crippen LogP contribution is 2.34. The molecule has 1 saturated carbocycles. The van der Waals surface area contributed by atoms with Gasteiger partial charge in [0.1, 0.15) is 5.82 Å². The van der Waals surface area contributed by atoms with Gasteiger partial charge in [-0.1, -0.05) is 61.7 Å². The Bertz CT molecular complexity index is 725. The normalized spacial score (nSPS) is 14.1. The molecule has 0 spiro atoms. The number of nitrogens with zero attached hydrogens (tertiary/aromatic N) is 1. The highest BCUT2D eigenvalue weighted by Gasteiger charge is 2.23. The molecule has 2 N–H and O–H groups in total. The molecule has 1 aromatic carbocycles. The number of rotatable bonds is 15. The molecule has 166 valence electrons. The van der Waals surface area contributed by atoms with Crippen LogP contribution in [-0.2, 0) is 12.0 Å². The zero-order valence-electron chi connectivity index (χ0n) is 18.8. The fraction of sp³-hybridized carbons (Fsp3) is 0.520. The molecule has 0 atom stereocenters. The van der Waals surface area contributed by atoms with Crippen molar-refractivity contribution in [1.29, 1.82) is 0 Å². The van der Waals surface area contributed by atoms with E-state index in [0.29, 0.717) is 0 Å². The van der Waals surface area contributed by atoms with E-state index in [0.717, 1.165) is 61.0 Å². The second-order valence-electron chi connectivity index (χ2n) is 8.51. The van der Waals surface area contributed by atoms with Crippen molar-refractivity contribution in [1.82, 2.24) is 14.9 Å². The first-order valence-electron chi connectivity index (χ1n) is 10.9. The molecule has 0 unspecified atom stereocenters. The summed E-state index contributed by atoms with van der Waals surface area (Å²) < 4.78 is 17.7. The molecule has 1 fully saturated rings. The van der Waals surface area contributed by atoms with Gasteiger partial charge >= 0.3 is 0 Å². The van der Waals surface area contributed by atoms with Gasteiger partial charge in [-0.15, -0.1) is 6.58 Å². The van der Waals surface area contributed by atoms with E-state index in [1.54, 1.807) is 18.0 Å². The summed E-state index contributed by atoms with van der Waals surface area (Å²) in [6, 6.07) is 5.59. The van der Waals surface area contributed by atoms with Crippen molar-refractivity contribution in [3.63, 3.8) is 0 Å². The summed E-state index contributed by atoms with van der Waals surface area (Å²) in [5.41, 5.74) is 1.79. The summed E-state index contributed by atoms with van der Waals surface area (Å²) in [5, 5.41) is 3.08. The zero-order chi connectivity index (χ0) is 22.0. The molecule has 0 amide bonds. The van der Waals surface area contributed by atoms with E-state index >= 15 is 0 Å². The average molecular weight is 432 g/mol. The SMILES string of the molecule is C=CCN(C/C=C/CCSNC(C)(C)c1ccc(F)c(CCC2CC2)c1)C(=C)NC. The third-order valence-electron chi connectivity index (χ3n) is 5.51. The maximum Gasteiger partial charge on any atom is 0.126 e. The molecule has 5 heteroatoms. The van der Waals surface area contributed by atoms with Gasteiger partial charge in [0.25, 0.3) is 0 Å². The van der Waals surface area contributed by atoms with Crippen molar-refractivity contribution in [2.45, 2.75) is 51.5 Å². The smallest absolute Gasteiger partial charge is 0.126 e. The quantitative estimate of drug-likeness (QED) is 0.210. The Morgan fingerprint density at radius 3 is 2.73 bits per heavy atom. The maximum absolute atomic E-state index is 14.2. The maximum atomic E-state index is 14.2. The van der Waals surface area contributed by atoms with Gasteiger partial charge in [0.05, 0.1) is 5.82 Å². The predicted molar refractivity (Wildman–Crippen MR) is 130 cm³/mol. The summed E-state index contributed by atoms with van der Waals surface area (Å²) in [6.07, 6.45) is 11.8. The Morgan fingerprint density at radius 1 is 1.30 bits per heavy atom. The molecule has 2 rings (SSSR count). The van der Waals surface area contributed by atoms with Crippen molar-refractivity contribution >= 4 is 11.9 Å². The standard InChI is InChI=1S/C25H38FN3S/c1-6-16-29(20(2)27-5)17-8-7-9-18-30-28-25(3,4)23-14-15-24(26)22(19-23)13-12-21-10-11-21/h6-8,14-15,19,21,27-28H,1-2,9-13,16-18H2,3-5H3/b8-7+. The molecule has 0 bridgehead atoms. The lowest BCUT2D eigenvalue weighted by atomic mass is 9.92. The first-order valence-corrected chi connectivity index (χ1v) is 11.9. The number of hydrogen-bond acceptors (Lipinski definition) is 4. The van der Waals surface area contributed by atoms with E-state index in [9.17, 15) is 4.39 Å². The Morgan fingerprint density at radius 2 is 2.07 bits per heavy atom. The summed E-state index contributed by atoms with van der Waals surface area (Å²) in [4.78, 5) is 2.13. The number of hydrogen-bond donors (Lipinski definition) is 2. The van der Waals surface area contributed by atoms with E-state index in [1.165, 1.54) is 12.8 Å². The van der Waals surface area contributed by atoms with Gasteiger partial charge in [-0.3, -0.25) is 4.72 Å². The molecular formula is C25H38FN3S. The lowest BCUT2D eigenvalue weighted by molar-refractivity contribution is 0.397. The van der Waals surface area contributed by atoms with Crippen molar-refractivity contribution in [2.24, 2.45) is 5.92 Å². The van der Waals surface area contributed by atoms with E-state index in [1.807, 2.05) is 25.3 Å². The molecule has 0 aliphatic heterocycles. The molecule has 3 nitrogen and oxygen atoms in total. The molecule has 0 heterocycles. The second kappa shape index (κ2) is 12.2. The van der Waals surface area contributed by atoms with Gasteiger partial charge in [-0.2, -0.15) is 0 Å². The van der Waals surface area contributed by atoms with Crippen molar-refractivity contribution in [3.05, 3.63) is 72.4 Å². The van der Waals surface area contributed by atoms with E-state index in [4.69, 9.17) is 0 Å². The third kappa shape index (κ3) is 8.19. The highest BCUT2D eigenvalue weighted by atomic mass is 32.2. The Hall–Kier alpha value is -1.72. The molecule has 30 heavy (non-hydrogen) atoms. The fourth-order valence-corrected chi connectivity index (χ4v) is 4.10. The minimum absolute atomic E-state index is 0.0700. The topological polar surface area (TPSA) is 27.3 Å². The van der Waals surface area contributed by atoms with Crippen LogP contribution in [0.2, 0.25) is 0 Å². The van der Waals surface area contributed by atoms with Crippen LogP contribution in [0.5, 0.6) is 0 Å². The van der Waals surface area contributed by atoms with Crippen molar-refractivity contribution in [2.75, 3.05) is 25.9 Å². The number of allylic oxidation sites excluding steroid dienone is 1. The number of nitrogens with one attached hydrogen (secondary N) is 2. The van der Waals surface area contributed by atoms with Crippen LogP contribution in [0.25, 0.3) is 0 Å². The van der Waals surface area contributed by atoms with Crippen LogP contribution >= 0.6 is 11.9 Å². The summed E-state index contributed by atoms with van der Waals surface area (Å²) in [6.45, 7) is 13.7. The molecule has 0 aromatic heterocycles. The van der Waals surface area contributed by atoms with Gasteiger partial charge in [0.2, 0.25) is 0 Å². The lowest BCUT2D eigenvalue weighted by Gasteiger charge is -2.27. The number of halogens is 1. The first kappa shape index (κ1) is 24.5. The summed E-state index contributed by atoms with van der Waals surface area (Å²) in [7, 11) is 1.88.